The van der Waals surface area contributed by atoms with Gasteiger partial charge in [0.05, 0.1) is 38.1 Å². The Morgan fingerprint density at radius 1 is 1.52 bits per heavy atom. The van der Waals surface area contributed by atoms with Crippen LogP contribution >= 0.6 is 12.2 Å². The number of methoxy groups -OCH3 is 1. The van der Waals surface area contributed by atoms with Crippen LogP contribution < -0.4 is 15.1 Å². The van der Waals surface area contributed by atoms with Crippen LogP contribution in [0.4, 0.5) is 20.6 Å². The van der Waals surface area contributed by atoms with Crippen LogP contribution in [0.2, 0.25) is 0 Å². The van der Waals surface area contributed by atoms with E-state index in [1.165, 1.54) is 29.4 Å². The third-order valence-corrected chi connectivity index (χ3v) is 4.43. The number of hydrogen-bond acceptors (Lipinski definition) is 7. The molecule has 1 N–H and O–H groups in total. The van der Waals surface area contributed by atoms with Gasteiger partial charge in [-0.3, -0.25) is 9.69 Å². The minimum Gasteiger partial charge on any atom is -0.474 e. The van der Waals surface area contributed by atoms with Gasteiger partial charge in [-0.1, -0.05) is 0 Å². The van der Waals surface area contributed by atoms with Crippen molar-refractivity contribution >= 4 is 47.6 Å². The fraction of sp³-hybridized carbons (Fsp3) is 0.375. The average Bonchev–Trinajstić information content (AvgIpc) is 3.06. The van der Waals surface area contributed by atoms with E-state index in [4.69, 9.17) is 21.7 Å². The maximum absolute atomic E-state index is 14.6. The molecule has 3 rings (SSSR count). The Morgan fingerprint density at radius 2 is 2.33 bits per heavy atom. The minimum atomic E-state index is -0.557. The van der Waals surface area contributed by atoms with Gasteiger partial charge in [0.2, 0.25) is 6.41 Å². The Labute approximate surface area is 160 Å². The molecule has 1 aromatic rings. The summed E-state index contributed by atoms with van der Waals surface area (Å²) in [6.45, 7) is 1.33. The lowest BCUT2D eigenvalue weighted by molar-refractivity contribution is -0.118. The Hall–Kier alpha value is -2.95. The van der Waals surface area contributed by atoms with Gasteiger partial charge in [0, 0.05) is 6.54 Å². The van der Waals surface area contributed by atoms with Gasteiger partial charge in [-0.25, -0.2) is 14.2 Å². The summed E-state index contributed by atoms with van der Waals surface area (Å²) in [5, 5.41) is 8.15. The van der Waals surface area contributed by atoms with E-state index in [-0.39, 0.29) is 11.7 Å². The van der Waals surface area contributed by atoms with Gasteiger partial charge < -0.3 is 19.7 Å². The van der Waals surface area contributed by atoms with Crippen LogP contribution in [0.1, 0.15) is 0 Å². The number of amides is 2. The molecular formula is C16H18FN5O4S. The molecule has 2 heterocycles. The van der Waals surface area contributed by atoms with Crippen LogP contribution in [0.3, 0.4) is 0 Å². The molecule has 1 aromatic carbocycles. The molecule has 0 aromatic heterocycles. The van der Waals surface area contributed by atoms with Crippen LogP contribution in [-0.2, 0) is 14.3 Å². The zero-order chi connectivity index (χ0) is 19.4. The van der Waals surface area contributed by atoms with Crippen LogP contribution in [0.5, 0.6) is 0 Å². The van der Waals surface area contributed by atoms with Gasteiger partial charge in [-0.2, -0.15) is 5.10 Å². The number of hydrogen-bond donors (Lipinski definition) is 1. The number of halogens is 1. The molecule has 2 aliphatic heterocycles. The highest BCUT2D eigenvalue weighted by atomic mass is 32.1. The van der Waals surface area contributed by atoms with Crippen LogP contribution in [0.15, 0.2) is 23.3 Å². The second-order valence-corrected chi connectivity index (χ2v) is 6.19. The van der Waals surface area contributed by atoms with Crippen molar-refractivity contribution in [3.05, 3.63) is 24.0 Å². The average molecular weight is 395 g/mol. The van der Waals surface area contributed by atoms with E-state index < -0.39 is 18.0 Å². The topological polar surface area (TPSA) is 86.7 Å². The first-order valence-electron chi connectivity index (χ1n) is 8.14. The molecular weight excluding hydrogens is 377 g/mol. The number of ether oxygens (including phenoxy) is 2. The molecule has 0 bridgehead atoms. The lowest BCUT2D eigenvalue weighted by Gasteiger charge is -2.27. The van der Waals surface area contributed by atoms with Gasteiger partial charge in [-0.05, 0) is 30.4 Å². The molecule has 1 atom stereocenters. The van der Waals surface area contributed by atoms with E-state index in [2.05, 4.69) is 10.4 Å². The number of rotatable bonds is 5. The van der Waals surface area contributed by atoms with Gasteiger partial charge in [0.15, 0.2) is 0 Å². The third-order valence-electron chi connectivity index (χ3n) is 4.12. The monoisotopic (exact) mass is 395 g/mol. The molecule has 2 amide bonds. The highest BCUT2D eigenvalue weighted by molar-refractivity contribution is 7.80. The molecule has 2 aliphatic rings. The highest BCUT2D eigenvalue weighted by Gasteiger charge is 2.33. The SMILES string of the molecule is COC(=S)NC[C@H]1CN(c2ccc(N3C=NN(C=O)CC3)c(F)c2)C(=O)O1. The van der Waals surface area contributed by atoms with E-state index >= 15 is 0 Å². The summed E-state index contributed by atoms with van der Waals surface area (Å²) in [4.78, 5) is 25.7. The molecule has 9 nitrogen and oxygen atoms in total. The van der Waals surface area contributed by atoms with E-state index in [9.17, 15) is 14.0 Å². The summed E-state index contributed by atoms with van der Waals surface area (Å²) in [6, 6.07) is 4.47. The van der Waals surface area contributed by atoms with E-state index in [1.807, 2.05) is 0 Å². The highest BCUT2D eigenvalue weighted by Crippen LogP contribution is 2.28. The smallest absolute Gasteiger partial charge is 0.414 e. The second-order valence-electron chi connectivity index (χ2n) is 5.82. The molecule has 1 fully saturated rings. The normalized spacial score (nSPS) is 19.1. The number of nitrogens with one attached hydrogen (secondary N) is 1. The minimum absolute atomic E-state index is 0.205. The summed E-state index contributed by atoms with van der Waals surface area (Å²) >= 11 is 4.88. The van der Waals surface area contributed by atoms with Gasteiger partial charge >= 0.3 is 6.09 Å². The maximum atomic E-state index is 14.6. The lowest BCUT2D eigenvalue weighted by atomic mass is 10.2. The van der Waals surface area contributed by atoms with Gasteiger partial charge in [0.25, 0.3) is 5.17 Å². The first kappa shape index (κ1) is 18.8. The number of benzene rings is 1. The quantitative estimate of drug-likeness (QED) is 0.585. The largest absolute Gasteiger partial charge is 0.474 e. The van der Waals surface area contributed by atoms with Crippen LogP contribution in [-0.4, -0.2) is 68.4 Å². The molecule has 0 saturated carbocycles. The number of carbonyl (C=O) groups is 2. The summed E-state index contributed by atoms with van der Waals surface area (Å²) in [6.07, 6.45) is 1.01. The van der Waals surface area contributed by atoms with Gasteiger partial charge in [-0.15, -0.1) is 0 Å². The van der Waals surface area contributed by atoms with Crippen molar-refractivity contribution in [1.29, 1.82) is 0 Å². The van der Waals surface area contributed by atoms with E-state index in [0.717, 1.165) is 0 Å². The molecule has 1 saturated heterocycles. The third kappa shape index (κ3) is 4.25. The first-order chi connectivity index (χ1) is 13.0. The Morgan fingerprint density at radius 3 is 2.96 bits per heavy atom. The molecule has 0 radical (unpaired) electrons. The molecule has 144 valence electrons. The van der Waals surface area contributed by atoms with Crippen molar-refractivity contribution in [2.24, 2.45) is 5.10 Å². The zero-order valence-corrected chi connectivity index (χ0v) is 15.3. The fourth-order valence-electron chi connectivity index (χ4n) is 2.72. The first-order valence-corrected chi connectivity index (χ1v) is 8.55. The van der Waals surface area contributed by atoms with Crippen molar-refractivity contribution in [3.63, 3.8) is 0 Å². The Balaban J connectivity index is 1.68. The van der Waals surface area contributed by atoms with Crippen LogP contribution in [0, 0.1) is 5.82 Å². The predicted molar refractivity (Wildman–Crippen MR) is 100 cm³/mol. The van der Waals surface area contributed by atoms with E-state index in [0.29, 0.717) is 37.4 Å². The second kappa shape index (κ2) is 8.16. The summed E-state index contributed by atoms with van der Waals surface area (Å²) in [5.41, 5.74) is 0.700. The summed E-state index contributed by atoms with van der Waals surface area (Å²) in [5.74, 6) is -0.506. The Kier molecular flexibility index (Phi) is 5.69. The molecule has 27 heavy (non-hydrogen) atoms. The van der Waals surface area contributed by atoms with Crippen molar-refractivity contribution in [3.8, 4) is 0 Å². The van der Waals surface area contributed by atoms with E-state index in [1.54, 1.807) is 17.0 Å². The maximum Gasteiger partial charge on any atom is 0.414 e. The lowest BCUT2D eigenvalue weighted by Crippen LogP contribution is -2.37. The summed E-state index contributed by atoms with van der Waals surface area (Å²) < 4.78 is 24.7. The Bertz CT molecular complexity index is 777. The molecule has 0 spiro atoms. The predicted octanol–water partition coefficient (Wildman–Crippen LogP) is 0.893. The van der Waals surface area contributed by atoms with Crippen molar-refractivity contribution in [1.82, 2.24) is 10.3 Å². The van der Waals surface area contributed by atoms with Crippen molar-refractivity contribution in [2.75, 3.05) is 43.1 Å². The zero-order valence-electron chi connectivity index (χ0n) is 14.5. The molecule has 0 unspecified atom stereocenters. The number of cyclic esters (lactones) is 1. The van der Waals surface area contributed by atoms with Crippen molar-refractivity contribution in [2.45, 2.75) is 6.10 Å². The number of hydrazone groups is 1. The molecule has 0 aliphatic carbocycles. The standard InChI is InChI=1S/C16H18FN5O4S/c1-25-15(27)18-7-12-8-22(16(24)26-12)11-2-3-14(13(17)6-11)20-4-5-21(10-23)19-9-20/h2-3,6,9-10,12H,4-5,7-8H2,1H3,(H,18,27)/t12-/m0/s1. The van der Waals surface area contributed by atoms with Crippen molar-refractivity contribution < 1.29 is 23.5 Å². The number of anilines is 2. The number of nitrogens with zero attached hydrogens (tertiary/aromatic N) is 4. The van der Waals surface area contributed by atoms with Crippen LogP contribution in [0.25, 0.3) is 0 Å². The number of carbonyl (C=O) groups excluding carboxylic acids is 2. The number of thiocarbonyl (C=S) groups is 1. The fourth-order valence-corrected chi connectivity index (χ4v) is 2.80. The summed E-state index contributed by atoms with van der Waals surface area (Å²) in [7, 11) is 1.44. The molecule has 11 heteroatoms. The van der Waals surface area contributed by atoms with Gasteiger partial charge in [0.1, 0.15) is 18.3 Å².